The number of hydrogen-bond donors (Lipinski definition) is 2. The highest BCUT2D eigenvalue weighted by Gasteiger charge is 2.14. The Morgan fingerprint density at radius 1 is 1.12 bits per heavy atom. The Labute approximate surface area is 162 Å². The van der Waals surface area contributed by atoms with E-state index in [1.54, 1.807) is 6.20 Å². The molecular formula is C17H29Cl2N5O. The molecule has 25 heavy (non-hydrogen) atoms. The Hall–Kier alpha value is -1.08. The van der Waals surface area contributed by atoms with E-state index in [-0.39, 0.29) is 30.7 Å². The molecule has 2 saturated heterocycles. The Bertz CT molecular complexity index is 502. The summed E-state index contributed by atoms with van der Waals surface area (Å²) in [6.07, 6.45) is 5.15. The van der Waals surface area contributed by atoms with Gasteiger partial charge in [0.05, 0.1) is 5.56 Å². The van der Waals surface area contributed by atoms with Gasteiger partial charge in [-0.25, -0.2) is 4.98 Å². The van der Waals surface area contributed by atoms with Gasteiger partial charge in [0, 0.05) is 52.0 Å². The van der Waals surface area contributed by atoms with Crippen molar-refractivity contribution in [3.8, 4) is 0 Å². The Kier molecular flexibility index (Phi) is 10.1. The van der Waals surface area contributed by atoms with Crippen LogP contribution in [0.25, 0.3) is 0 Å². The average molecular weight is 390 g/mol. The van der Waals surface area contributed by atoms with E-state index < -0.39 is 0 Å². The number of piperazine rings is 1. The van der Waals surface area contributed by atoms with Gasteiger partial charge in [0.15, 0.2) is 0 Å². The van der Waals surface area contributed by atoms with Crippen molar-refractivity contribution in [2.75, 3.05) is 57.3 Å². The van der Waals surface area contributed by atoms with Gasteiger partial charge in [-0.2, -0.15) is 0 Å². The molecule has 0 spiro atoms. The lowest BCUT2D eigenvalue weighted by molar-refractivity contribution is 0.0951. The smallest absolute Gasteiger partial charge is 0.252 e. The molecular weight excluding hydrogens is 361 g/mol. The molecule has 0 aliphatic carbocycles. The normalized spacial score (nSPS) is 17.5. The number of nitrogens with zero attached hydrogens (tertiary/aromatic N) is 3. The minimum Gasteiger partial charge on any atom is -0.357 e. The van der Waals surface area contributed by atoms with Crippen LogP contribution in [-0.4, -0.2) is 68.1 Å². The molecule has 1 amide bonds. The van der Waals surface area contributed by atoms with Crippen molar-refractivity contribution in [1.82, 2.24) is 20.5 Å². The number of anilines is 1. The predicted octanol–water partition coefficient (Wildman–Crippen LogP) is 1.55. The first-order valence-electron chi connectivity index (χ1n) is 8.75. The minimum atomic E-state index is -0.0224. The molecule has 142 valence electrons. The zero-order valence-electron chi connectivity index (χ0n) is 14.6. The van der Waals surface area contributed by atoms with Gasteiger partial charge < -0.3 is 20.4 Å². The SMILES string of the molecule is Cl.Cl.O=C(NCCCN1CCNCC1)c1ccc(N2CCCC2)nc1. The largest absolute Gasteiger partial charge is 0.357 e. The fourth-order valence-electron chi connectivity index (χ4n) is 3.20. The number of nitrogens with one attached hydrogen (secondary N) is 2. The quantitative estimate of drug-likeness (QED) is 0.722. The zero-order valence-corrected chi connectivity index (χ0v) is 16.2. The summed E-state index contributed by atoms with van der Waals surface area (Å²) < 4.78 is 0. The summed E-state index contributed by atoms with van der Waals surface area (Å²) in [5, 5.41) is 6.34. The molecule has 6 nitrogen and oxygen atoms in total. The van der Waals surface area contributed by atoms with E-state index in [4.69, 9.17) is 0 Å². The first kappa shape index (κ1) is 22.0. The third kappa shape index (κ3) is 6.62. The molecule has 0 unspecified atom stereocenters. The van der Waals surface area contributed by atoms with E-state index in [1.807, 2.05) is 12.1 Å². The maximum Gasteiger partial charge on any atom is 0.252 e. The van der Waals surface area contributed by atoms with E-state index in [0.717, 1.165) is 64.6 Å². The molecule has 1 aromatic heterocycles. The fourth-order valence-corrected chi connectivity index (χ4v) is 3.20. The van der Waals surface area contributed by atoms with Crippen LogP contribution in [0.5, 0.6) is 0 Å². The number of aromatic nitrogens is 1. The van der Waals surface area contributed by atoms with Gasteiger partial charge in [0.25, 0.3) is 5.91 Å². The fraction of sp³-hybridized carbons (Fsp3) is 0.647. The number of pyridine rings is 1. The Morgan fingerprint density at radius 2 is 1.84 bits per heavy atom. The first-order valence-corrected chi connectivity index (χ1v) is 8.75. The van der Waals surface area contributed by atoms with Crippen LogP contribution in [0.15, 0.2) is 18.3 Å². The topological polar surface area (TPSA) is 60.5 Å². The highest BCUT2D eigenvalue weighted by Crippen LogP contribution is 2.17. The summed E-state index contributed by atoms with van der Waals surface area (Å²) in [6.45, 7) is 8.27. The number of amides is 1. The molecule has 3 heterocycles. The second kappa shape index (κ2) is 11.5. The van der Waals surface area contributed by atoms with Crippen LogP contribution in [0, 0.1) is 0 Å². The van der Waals surface area contributed by atoms with Crippen molar-refractivity contribution in [2.45, 2.75) is 19.3 Å². The molecule has 2 fully saturated rings. The third-order valence-electron chi connectivity index (χ3n) is 4.59. The summed E-state index contributed by atoms with van der Waals surface area (Å²) >= 11 is 0. The average Bonchev–Trinajstić information content (AvgIpc) is 3.14. The molecule has 1 aromatic rings. The monoisotopic (exact) mass is 389 g/mol. The molecule has 2 N–H and O–H groups in total. The van der Waals surface area contributed by atoms with Crippen LogP contribution in [0.4, 0.5) is 5.82 Å². The molecule has 0 atom stereocenters. The number of carbonyl (C=O) groups is 1. The van der Waals surface area contributed by atoms with E-state index in [0.29, 0.717) is 5.56 Å². The molecule has 0 saturated carbocycles. The third-order valence-corrected chi connectivity index (χ3v) is 4.59. The second-order valence-corrected chi connectivity index (χ2v) is 6.30. The molecule has 0 radical (unpaired) electrons. The molecule has 0 aromatic carbocycles. The molecule has 0 bridgehead atoms. The van der Waals surface area contributed by atoms with Crippen molar-refractivity contribution >= 4 is 36.5 Å². The van der Waals surface area contributed by atoms with Gasteiger partial charge in [-0.1, -0.05) is 0 Å². The van der Waals surface area contributed by atoms with Gasteiger partial charge in [0.1, 0.15) is 5.82 Å². The van der Waals surface area contributed by atoms with Crippen molar-refractivity contribution in [3.63, 3.8) is 0 Å². The van der Waals surface area contributed by atoms with E-state index in [2.05, 4.69) is 25.4 Å². The van der Waals surface area contributed by atoms with Gasteiger partial charge in [0.2, 0.25) is 0 Å². The number of rotatable bonds is 6. The molecule has 8 heteroatoms. The second-order valence-electron chi connectivity index (χ2n) is 6.30. The summed E-state index contributed by atoms with van der Waals surface area (Å²) in [7, 11) is 0. The first-order chi connectivity index (χ1) is 11.3. The van der Waals surface area contributed by atoms with Gasteiger partial charge in [-0.3, -0.25) is 4.79 Å². The van der Waals surface area contributed by atoms with E-state index >= 15 is 0 Å². The molecule has 2 aliphatic rings. The van der Waals surface area contributed by atoms with Crippen molar-refractivity contribution < 1.29 is 4.79 Å². The lowest BCUT2D eigenvalue weighted by Crippen LogP contribution is -2.44. The van der Waals surface area contributed by atoms with Gasteiger partial charge >= 0.3 is 0 Å². The summed E-state index contributed by atoms with van der Waals surface area (Å²) in [5.74, 6) is 0.962. The minimum absolute atomic E-state index is 0. The highest BCUT2D eigenvalue weighted by molar-refractivity contribution is 5.94. The lowest BCUT2D eigenvalue weighted by atomic mass is 10.2. The highest BCUT2D eigenvalue weighted by atomic mass is 35.5. The van der Waals surface area contributed by atoms with Crippen LogP contribution in [0.2, 0.25) is 0 Å². The Balaban J connectivity index is 0.00000156. The zero-order chi connectivity index (χ0) is 15.9. The summed E-state index contributed by atoms with van der Waals surface area (Å²) in [5.41, 5.74) is 0.648. The standard InChI is InChI=1S/C17H27N5O.2ClH/c23-17(19-6-3-9-21-12-7-18-8-13-21)15-4-5-16(20-14-15)22-10-1-2-11-22;;/h4-5,14,18H,1-3,6-13H2,(H,19,23);2*1H. The maximum atomic E-state index is 12.1. The Morgan fingerprint density at radius 3 is 2.48 bits per heavy atom. The van der Waals surface area contributed by atoms with Crippen LogP contribution in [0.3, 0.4) is 0 Å². The molecule has 2 aliphatic heterocycles. The summed E-state index contributed by atoms with van der Waals surface area (Å²) in [6, 6.07) is 3.84. The van der Waals surface area contributed by atoms with E-state index in [1.165, 1.54) is 12.8 Å². The van der Waals surface area contributed by atoms with Crippen molar-refractivity contribution in [3.05, 3.63) is 23.9 Å². The lowest BCUT2D eigenvalue weighted by Gasteiger charge is -2.27. The van der Waals surface area contributed by atoms with Crippen LogP contribution in [-0.2, 0) is 0 Å². The van der Waals surface area contributed by atoms with Crippen LogP contribution < -0.4 is 15.5 Å². The van der Waals surface area contributed by atoms with Gasteiger partial charge in [-0.05, 0) is 37.9 Å². The van der Waals surface area contributed by atoms with Crippen LogP contribution >= 0.6 is 24.8 Å². The van der Waals surface area contributed by atoms with Crippen LogP contribution in [0.1, 0.15) is 29.6 Å². The van der Waals surface area contributed by atoms with E-state index in [9.17, 15) is 4.79 Å². The number of carbonyl (C=O) groups excluding carboxylic acids is 1. The predicted molar refractivity (Wildman–Crippen MR) is 106 cm³/mol. The molecule has 3 rings (SSSR count). The number of hydrogen-bond acceptors (Lipinski definition) is 5. The van der Waals surface area contributed by atoms with Crippen molar-refractivity contribution in [1.29, 1.82) is 0 Å². The van der Waals surface area contributed by atoms with Crippen molar-refractivity contribution in [2.24, 2.45) is 0 Å². The number of halogens is 2. The summed E-state index contributed by atoms with van der Waals surface area (Å²) in [4.78, 5) is 21.3. The van der Waals surface area contributed by atoms with Gasteiger partial charge in [-0.15, -0.1) is 24.8 Å². The maximum absolute atomic E-state index is 12.1.